The number of hydrogen-bond donors (Lipinski definition) is 0. The second-order valence-corrected chi connectivity index (χ2v) is 16.3. The molecule has 5 nitrogen and oxygen atoms in total. The average molecular weight is 835 g/mol. The molecule has 0 aromatic heterocycles. The largest absolute Gasteiger partial charge is 0.462 e. The van der Waals surface area contributed by atoms with Gasteiger partial charge in [0.1, 0.15) is 6.61 Å². The van der Waals surface area contributed by atoms with Gasteiger partial charge in [0.05, 0.1) is 6.61 Å². The molecule has 60 heavy (non-hydrogen) atoms. The molecule has 0 spiro atoms. The maximum Gasteiger partial charge on any atom is 0.306 e. The molecule has 0 aromatic carbocycles. The van der Waals surface area contributed by atoms with Crippen LogP contribution in [0.15, 0.2) is 85.1 Å². The highest BCUT2D eigenvalue weighted by Gasteiger charge is 2.17. The first-order chi connectivity index (χ1) is 29.6. The summed E-state index contributed by atoms with van der Waals surface area (Å²) in [6, 6.07) is 0. The van der Waals surface area contributed by atoms with Crippen LogP contribution in [0.3, 0.4) is 0 Å². The van der Waals surface area contributed by atoms with E-state index in [1.165, 1.54) is 96.3 Å². The van der Waals surface area contributed by atoms with Gasteiger partial charge in [-0.3, -0.25) is 9.59 Å². The standard InChI is InChI=1S/C55H94O5/c1-4-7-10-13-16-19-22-25-26-27-28-29-30-32-33-36-39-42-45-48-54(56)59-52-53(51-58-50-47-44-41-38-35-24-21-18-15-12-9-6-3)60-55(57)49-46-43-40-37-34-31-23-20-17-14-11-8-5-2/h7,10,15-16,18-20,23,25-26,28-29,32-33,53H,4-6,8-9,11-14,17,21-22,24,27,30-31,34-52H2,1-3H3/b10-7-,18-15-,19-16-,23-20-,26-25-,29-28-,33-32-. The second-order valence-electron chi connectivity index (χ2n) is 16.3. The minimum Gasteiger partial charge on any atom is -0.462 e. The molecule has 0 aliphatic carbocycles. The van der Waals surface area contributed by atoms with Crippen molar-refractivity contribution in [2.75, 3.05) is 19.8 Å². The van der Waals surface area contributed by atoms with E-state index in [1.54, 1.807) is 0 Å². The summed E-state index contributed by atoms with van der Waals surface area (Å²) in [5.41, 5.74) is 0. The summed E-state index contributed by atoms with van der Waals surface area (Å²) in [5, 5.41) is 0. The first-order valence-electron chi connectivity index (χ1n) is 25.1. The Morgan fingerprint density at radius 3 is 1.28 bits per heavy atom. The second kappa shape index (κ2) is 50.4. The lowest BCUT2D eigenvalue weighted by molar-refractivity contribution is -0.163. The number of rotatable bonds is 45. The molecule has 344 valence electrons. The van der Waals surface area contributed by atoms with Crippen molar-refractivity contribution in [3.8, 4) is 0 Å². The maximum atomic E-state index is 12.8. The van der Waals surface area contributed by atoms with Gasteiger partial charge < -0.3 is 14.2 Å². The SMILES string of the molecule is CC/C=C\C/C=C\C/C=C\C/C=C\C/C=C\CCCCCC(=O)OCC(COCCCCCCCC/C=C\CCCC)OC(=O)CCCCCCC/C=C\CCCCCC. The molecule has 0 N–H and O–H groups in total. The Hall–Kier alpha value is -2.92. The lowest BCUT2D eigenvalue weighted by Crippen LogP contribution is -2.30. The molecule has 0 aliphatic heterocycles. The Morgan fingerprint density at radius 2 is 0.767 bits per heavy atom. The predicted octanol–water partition coefficient (Wildman–Crippen LogP) is 16.9. The van der Waals surface area contributed by atoms with Gasteiger partial charge in [-0.2, -0.15) is 0 Å². The number of esters is 2. The lowest BCUT2D eigenvalue weighted by Gasteiger charge is -2.18. The van der Waals surface area contributed by atoms with Crippen molar-refractivity contribution in [2.45, 2.75) is 232 Å². The van der Waals surface area contributed by atoms with Crippen LogP contribution in [0.5, 0.6) is 0 Å². The van der Waals surface area contributed by atoms with E-state index in [-0.39, 0.29) is 25.2 Å². The molecular formula is C55H94O5. The highest BCUT2D eigenvalue weighted by molar-refractivity contribution is 5.70. The molecule has 1 unspecified atom stereocenters. The summed E-state index contributed by atoms with van der Waals surface area (Å²) < 4.78 is 17.3. The summed E-state index contributed by atoms with van der Waals surface area (Å²) in [7, 11) is 0. The zero-order valence-electron chi connectivity index (χ0n) is 39.5. The molecule has 0 saturated carbocycles. The number of carbonyl (C=O) groups excluding carboxylic acids is 2. The van der Waals surface area contributed by atoms with Gasteiger partial charge in [-0.15, -0.1) is 0 Å². The minimum absolute atomic E-state index is 0.0591. The third-order valence-corrected chi connectivity index (χ3v) is 10.4. The smallest absolute Gasteiger partial charge is 0.306 e. The van der Waals surface area contributed by atoms with Crippen molar-refractivity contribution in [1.82, 2.24) is 0 Å². The van der Waals surface area contributed by atoms with E-state index in [9.17, 15) is 9.59 Å². The minimum atomic E-state index is -0.559. The van der Waals surface area contributed by atoms with Crippen LogP contribution in [0.1, 0.15) is 226 Å². The van der Waals surface area contributed by atoms with Crippen molar-refractivity contribution >= 4 is 11.9 Å². The van der Waals surface area contributed by atoms with Crippen LogP contribution >= 0.6 is 0 Å². The van der Waals surface area contributed by atoms with Gasteiger partial charge in [0.15, 0.2) is 6.10 Å². The third-order valence-electron chi connectivity index (χ3n) is 10.4. The molecule has 0 bridgehead atoms. The van der Waals surface area contributed by atoms with Crippen LogP contribution in [0.2, 0.25) is 0 Å². The fraction of sp³-hybridized carbons (Fsp3) is 0.709. The summed E-state index contributed by atoms with van der Waals surface area (Å²) >= 11 is 0. The van der Waals surface area contributed by atoms with Gasteiger partial charge >= 0.3 is 11.9 Å². The molecule has 0 rings (SSSR count). The van der Waals surface area contributed by atoms with E-state index >= 15 is 0 Å². The maximum absolute atomic E-state index is 12.8. The Kier molecular flexibility index (Phi) is 48.0. The first-order valence-corrected chi connectivity index (χ1v) is 25.1. The summed E-state index contributed by atoms with van der Waals surface area (Å²) in [4.78, 5) is 25.3. The van der Waals surface area contributed by atoms with E-state index in [0.29, 0.717) is 19.4 Å². The summed E-state index contributed by atoms with van der Waals surface area (Å²) in [5.74, 6) is -0.449. The highest BCUT2D eigenvalue weighted by Crippen LogP contribution is 2.13. The van der Waals surface area contributed by atoms with Crippen molar-refractivity contribution in [3.05, 3.63) is 85.1 Å². The molecule has 0 radical (unpaired) electrons. The van der Waals surface area contributed by atoms with E-state index in [4.69, 9.17) is 14.2 Å². The average Bonchev–Trinajstić information content (AvgIpc) is 3.25. The van der Waals surface area contributed by atoms with Crippen molar-refractivity contribution in [2.24, 2.45) is 0 Å². The van der Waals surface area contributed by atoms with E-state index in [1.807, 2.05) is 0 Å². The number of allylic oxidation sites excluding steroid dienone is 14. The Morgan fingerprint density at radius 1 is 0.383 bits per heavy atom. The molecule has 0 aliphatic rings. The Bertz CT molecular complexity index is 1130. The summed E-state index contributed by atoms with van der Waals surface area (Å²) in [6.45, 7) is 7.61. The van der Waals surface area contributed by atoms with Crippen LogP contribution in [0.4, 0.5) is 0 Å². The molecule has 0 amide bonds. The molecule has 5 heteroatoms. The number of carbonyl (C=O) groups is 2. The molecule has 0 fully saturated rings. The zero-order valence-corrected chi connectivity index (χ0v) is 39.5. The van der Waals surface area contributed by atoms with Crippen LogP contribution in [-0.2, 0) is 23.8 Å². The van der Waals surface area contributed by atoms with Crippen molar-refractivity contribution < 1.29 is 23.8 Å². The van der Waals surface area contributed by atoms with Gasteiger partial charge in [-0.25, -0.2) is 0 Å². The first kappa shape index (κ1) is 57.1. The fourth-order valence-electron chi connectivity index (χ4n) is 6.63. The fourth-order valence-corrected chi connectivity index (χ4v) is 6.63. The Balaban J connectivity index is 4.33. The van der Waals surface area contributed by atoms with Gasteiger partial charge in [0.25, 0.3) is 0 Å². The molecule has 0 heterocycles. The highest BCUT2D eigenvalue weighted by atomic mass is 16.6. The number of ether oxygens (including phenoxy) is 3. The van der Waals surface area contributed by atoms with Crippen LogP contribution < -0.4 is 0 Å². The van der Waals surface area contributed by atoms with Gasteiger partial charge in [0.2, 0.25) is 0 Å². The van der Waals surface area contributed by atoms with E-state index in [2.05, 4.69) is 106 Å². The summed E-state index contributed by atoms with van der Waals surface area (Å²) in [6.07, 6.45) is 65.8. The quantitative estimate of drug-likeness (QED) is 0.0347. The van der Waals surface area contributed by atoms with Crippen molar-refractivity contribution in [3.63, 3.8) is 0 Å². The topological polar surface area (TPSA) is 61.8 Å². The van der Waals surface area contributed by atoms with Crippen LogP contribution in [0, 0.1) is 0 Å². The lowest BCUT2D eigenvalue weighted by atomic mass is 10.1. The molecule has 0 aromatic rings. The number of unbranched alkanes of at least 4 members (excludes halogenated alkanes) is 20. The molecular weight excluding hydrogens is 741 g/mol. The van der Waals surface area contributed by atoms with Gasteiger partial charge in [0, 0.05) is 19.4 Å². The number of hydrogen-bond acceptors (Lipinski definition) is 5. The molecule has 0 saturated heterocycles. The third kappa shape index (κ3) is 47.8. The Labute approximate surface area is 371 Å². The van der Waals surface area contributed by atoms with Crippen molar-refractivity contribution in [1.29, 1.82) is 0 Å². The van der Waals surface area contributed by atoms with Crippen LogP contribution in [-0.4, -0.2) is 37.9 Å². The normalized spacial score (nSPS) is 12.9. The molecule has 1 atom stereocenters. The van der Waals surface area contributed by atoms with E-state index < -0.39 is 6.10 Å². The predicted molar refractivity (Wildman–Crippen MR) is 260 cm³/mol. The van der Waals surface area contributed by atoms with Gasteiger partial charge in [-0.1, -0.05) is 189 Å². The van der Waals surface area contributed by atoms with Gasteiger partial charge in [-0.05, 0) is 109 Å². The zero-order chi connectivity index (χ0) is 43.5. The van der Waals surface area contributed by atoms with E-state index in [0.717, 1.165) is 96.3 Å². The monoisotopic (exact) mass is 835 g/mol. The van der Waals surface area contributed by atoms with Crippen LogP contribution in [0.25, 0.3) is 0 Å².